The summed E-state index contributed by atoms with van der Waals surface area (Å²) < 4.78 is 14.1. The molecule has 3 aliphatic rings. The summed E-state index contributed by atoms with van der Waals surface area (Å²) in [7, 11) is 0. The quantitative estimate of drug-likeness (QED) is 0.630. The molecule has 6 rings (SSSR count). The predicted molar refractivity (Wildman–Crippen MR) is 125 cm³/mol. The SMILES string of the molecule is O=C1NCCc2c(-c3ccc(C(=O)N4CCN(C(=O)C5CC5)CC4)cc3)[nH]c3cc(F)cc1c23. The van der Waals surface area contributed by atoms with Gasteiger partial charge in [0.15, 0.2) is 0 Å². The first-order valence-corrected chi connectivity index (χ1v) is 11.8. The summed E-state index contributed by atoms with van der Waals surface area (Å²) in [5.74, 6) is -0.337. The molecule has 1 saturated heterocycles. The fourth-order valence-electron chi connectivity index (χ4n) is 5.12. The Kier molecular flexibility index (Phi) is 4.90. The van der Waals surface area contributed by atoms with Crippen molar-refractivity contribution in [1.82, 2.24) is 20.1 Å². The van der Waals surface area contributed by atoms with E-state index in [2.05, 4.69) is 10.3 Å². The van der Waals surface area contributed by atoms with Crippen LogP contribution in [0.15, 0.2) is 36.4 Å². The van der Waals surface area contributed by atoms with Gasteiger partial charge in [-0.15, -0.1) is 0 Å². The maximum atomic E-state index is 14.1. The van der Waals surface area contributed by atoms with Crippen molar-refractivity contribution in [3.63, 3.8) is 0 Å². The number of aromatic nitrogens is 1. The Hall–Kier alpha value is -3.68. The highest BCUT2D eigenvalue weighted by Gasteiger charge is 2.35. The summed E-state index contributed by atoms with van der Waals surface area (Å²) in [6.45, 7) is 2.73. The van der Waals surface area contributed by atoms with Crippen LogP contribution in [0.1, 0.15) is 39.1 Å². The molecule has 0 bridgehead atoms. The van der Waals surface area contributed by atoms with Crippen LogP contribution in [0, 0.1) is 11.7 Å². The van der Waals surface area contributed by atoms with Gasteiger partial charge in [-0.2, -0.15) is 0 Å². The summed E-state index contributed by atoms with van der Waals surface area (Å²) in [6.07, 6.45) is 2.61. The van der Waals surface area contributed by atoms with E-state index in [1.54, 1.807) is 17.0 Å². The number of halogens is 1. The molecule has 2 aliphatic heterocycles. The van der Waals surface area contributed by atoms with Crippen LogP contribution in [0.4, 0.5) is 4.39 Å². The van der Waals surface area contributed by atoms with Crippen LogP contribution in [-0.2, 0) is 11.2 Å². The van der Waals surface area contributed by atoms with Gasteiger partial charge < -0.3 is 20.1 Å². The molecular weight excluding hydrogens is 435 g/mol. The number of carbonyl (C=O) groups excluding carboxylic acids is 3. The second-order valence-electron chi connectivity index (χ2n) is 9.33. The fraction of sp³-hybridized carbons (Fsp3) is 0.346. The van der Waals surface area contributed by atoms with Crippen molar-refractivity contribution in [3.8, 4) is 11.3 Å². The van der Waals surface area contributed by atoms with Crippen molar-refractivity contribution < 1.29 is 18.8 Å². The molecule has 34 heavy (non-hydrogen) atoms. The minimum Gasteiger partial charge on any atom is -0.354 e. The maximum Gasteiger partial charge on any atom is 0.253 e. The molecule has 1 saturated carbocycles. The molecule has 1 aromatic heterocycles. The summed E-state index contributed by atoms with van der Waals surface area (Å²) >= 11 is 0. The van der Waals surface area contributed by atoms with E-state index in [0.717, 1.165) is 35.0 Å². The Labute approximate surface area is 195 Å². The molecule has 2 fully saturated rings. The van der Waals surface area contributed by atoms with Crippen LogP contribution in [0.25, 0.3) is 22.2 Å². The largest absolute Gasteiger partial charge is 0.354 e. The number of aromatic amines is 1. The Morgan fingerprint density at radius 1 is 0.971 bits per heavy atom. The third-order valence-electron chi connectivity index (χ3n) is 7.10. The molecule has 8 heteroatoms. The van der Waals surface area contributed by atoms with Crippen LogP contribution in [-0.4, -0.2) is 65.2 Å². The van der Waals surface area contributed by atoms with Crippen LogP contribution in [0.3, 0.4) is 0 Å². The third kappa shape index (κ3) is 3.54. The molecule has 2 aromatic carbocycles. The Balaban J connectivity index is 1.24. The van der Waals surface area contributed by atoms with Gasteiger partial charge in [-0.1, -0.05) is 12.1 Å². The first-order valence-electron chi connectivity index (χ1n) is 11.8. The standard InChI is InChI=1S/C26H25FN4O3/c27-18-13-20-22-19(7-8-28-24(20)32)23(29-21(22)14-18)15-1-3-16(4-2-15)25(33)30-9-11-31(12-10-30)26(34)17-5-6-17/h1-4,13-14,17,29H,5-12H2,(H,28,32). The van der Waals surface area contributed by atoms with Crippen LogP contribution < -0.4 is 5.32 Å². The van der Waals surface area contributed by atoms with Gasteiger partial charge >= 0.3 is 0 Å². The monoisotopic (exact) mass is 460 g/mol. The van der Waals surface area contributed by atoms with E-state index < -0.39 is 5.82 Å². The summed E-state index contributed by atoms with van der Waals surface area (Å²) in [6, 6.07) is 10.1. The summed E-state index contributed by atoms with van der Waals surface area (Å²) in [5, 5.41) is 3.58. The Morgan fingerprint density at radius 2 is 1.68 bits per heavy atom. The number of amides is 3. The van der Waals surface area contributed by atoms with Gasteiger partial charge in [0, 0.05) is 60.8 Å². The highest BCUT2D eigenvalue weighted by molar-refractivity contribution is 6.10. The normalized spacial score (nSPS) is 18.1. The fourth-order valence-corrected chi connectivity index (χ4v) is 5.12. The highest BCUT2D eigenvalue weighted by atomic mass is 19.1. The number of benzene rings is 2. The van der Waals surface area contributed by atoms with E-state index in [0.29, 0.717) is 55.8 Å². The molecular formula is C26H25FN4O3. The molecule has 1 aliphatic carbocycles. The number of rotatable bonds is 3. The number of piperazine rings is 1. The second-order valence-corrected chi connectivity index (χ2v) is 9.33. The van der Waals surface area contributed by atoms with Gasteiger partial charge in [0.05, 0.1) is 5.56 Å². The minimum atomic E-state index is -0.459. The van der Waals surface area contributed by atoms with E-state index >= 15 is 0 Å². The number of nitrogens with zero attached hydrogens (tertiary/aromatic N) is 2. The van der Waals surface area contributed by atoms with E-state index in [1.807, 2.05) is 17.0 Å². The Bertz CT molecular complexity index is 1320. The third-order valence-corrected chi connectivity index (χ3v) is 7.10. The summed E-state index contributed by atoms with van der Waals surface area (Å²) in [4.78, 5) is 44.7. The van der Waals surface area contributed by atoms with Crippen molar-refractivity contribution in [3.05, 3.63) is 58.9 Å². The van der Waals surface area contributed by atoms with Gasteiger partial charge in [-0.05, 0) is 54.7 Å². The van der Waals surface area contributed by atoms with Crippen LogP contribution in [0.2, 0.25) is 0 Å². The number of hydrogen-bond acceptors (Lipinski definition) is 3. The lowest BCUT2D eigenvalue weighted by molar-refractivity contribution is -0.134. The molecule has 3 heterocycles. The lowest BCUT2D eigenvalue weighted by Gasteiger charge is -2.35. The van der Waals surface area contributed by atoms with Crippen molar-refractivity contribution in [2.45, 2.75) is 19.3 Å². The molecule has 7 nitrogen and oxygen atoms in total. The van der Waals surface area contributed by atoms with Gasteiger partial charge in [-0.25, -0.2) is 4.39 Å². The molecule has 0 spiro atoms. The molecule has 0 unspecified atom stereocenters. The van der Waals surface area contributed by atoms with Gasteiger partial charge in [0.1, 0.15) is 5.82 Å². The van der Waals surface area contributed by atoms with Crippen LogP contribution >= 0.6 is 0 Å². The molecule has 174 valence electrons. The summed E-state index contributed by atoms with van der Waals surface area (Å²) in [5.41, 5.74) is 4.22. The molecule has 3 aromatic rings. The van der Waals surface area contributed by atoms with Gasteiger partial charge in [0.25, 0.3) is 11.8 Å². The van der Waals surface area contributed by atoms with Crippen molar-refractivity contribution in [2.24, 2.45) is 5.92 Å². The molecule has 0 radical (unpaired) electrons. The number of carbonyl (C=O) groups is 3. The van der Waals surface area contributed by atoms with E-state index in [-0.39, 0.29) is 23.6 Å². The van der Waals surface area contributed by atoms with Gasteiger partial charge in [-0.3, -0.25) is 14.4 Å². The van der Waals surface area contributed by atoms with Crippen molar-refractivity contribution in [1.29, 1.82) is 0 Å². The van der Waals surface area contributed by atoms with Gasteiger partial charge in [0.2, 0.25) is 5.91 Å². The zero-order valence-electron chi connectivity index (χ0n) is 18.7. The number of hydrogen-bond donors (Lipinski definition) is 2. The Morgan fingerprint density at radius 3 is 2.38 bits per heavy atom. The van der Waals surface area contributed by atoms with Crippen molar-refractivity contribution >= 4 is 28.6 Å². The molecule has 2 N–H and O–H groups in total. The first-order chi connectivity index (χ1) is 16.5. The number of nitrogens with one attached hydrogen (secondary N) is 2. The average molecular weight is 461 g/mol. The predicted octanol–water partition coefficient (Wildman–Crippen LogP) is 2.95. The van der Waals surface area contributed by atoms with E-state index in [9.17, 15) is 18.8 Å². The topological polar surface area (TPSA) is 85.5 Å². The lowest BCUT2D eigenvalue weighted by Crippen LogP contribution is -2.51. The van der Waals surface area contributed by atoms with Crippen LogP contribution in [0.5, 0.6) is 0 Å². The maximum absolute atomic E-state index is 14.1. The first kappa shape index (κ1) is 20.9. The average Bonchev–Trinajstić information content (AvgIpc) is 3.66. The van der Waals surface area contributed by atoms with E-state index in [1.165, 1.54) is 12.1 Å². The van der Waals surface area contributed by atoms with Crippen molar-refractivity contribution in [2.75, 3.05) is 32.7 Å². The lowest BCUT2D eigenvalue weighted by atomic mass is 9.99. The zero-order chi connectivity index (χ0) is 23.4. The molecule has 3 amide bonds. The zero-order valence-corrected chi connectivity index (χ0v) is 18.7. The van der Waals surface area contributed by atoms with E-state index in [4.69, 9.17) is 0 Å². The second kappa shape index (κ2) is 7.97. The number of H-pyrrole nitrogens is 1. The smallest absolute Gasteiger partial charge is 0.253 e. The highest BCUT2D eigenvalue weighted by Crippen LogP contribution is 2.35. The molecule has 0 atom stereocenters. The minimum absolute atomic E-state index is 0.0426.